The first-order valence-electron chi connectivity index (χ1n) is 9.51. The summed E-state index contributed by atoms with van der Waals surface area (Å²) in [5.41, 5.74) is 4.33. The van der Waals surface area contributed by atoms with Gasteiger partial charge in [-0.2, -0.15) is 5.26 Å². The molecule has 3 aromatic rings. The number of nitrogens with zero attached hydrogens (tertiary/aromatic N) is 4. The normalized spacial score (nSPS) is 17.2. The number of aryl methyl sites for hydroxylation is 2. The summed E-state index contributed by atoms with van der Waals surface area (Å²) in [4.78, 5) is 12.7. The Labute approximate surface area is 173 Å². The van der Waals surface area contributed by atoms with Crippen molar-refractivity contribution in [2.75, 3.05) is 23.8 Å². The molecule has 7 nitrogen and oxygen atoms in total. The SMILES string of the molecule is Cc1cc(Nc2ncc(F)c(-c3cc(C#N)c4c(c3)[C@@](C)(CO)CN4)n2)c(C)cn1. The highest BCUT2D eigenvalue weighted by atomic mass is 19.1. The molecule has 4 rings (SSSR count). The molecule has 8 heteroatoms. The van der Waals surface area contributed by atoms with Gasteiger partial charge < -0.3 is 15.7 Å². The first-order valence-corrected chi connectivity index (χ1v) is 9.51. The summed E-state index contributed by atoms with van der Waals surface area (Å²) in [5.74, 6) is -0.356. The molecule has 0 amide bonds. The van der Waals surface area contributed by atoms with Gasteiger partial charge in [0.25, 0.3) is 0 Å². The van der Waals surface area contributed by atoms with E-state index in [0.29, 0.717) is 23.4 Å². The molecule has 0 aliphatic carbocycles. The number of aromatic nitrogens is 3. The Morgan fingerprint density at radius 3 is 2.80 bits per heavy atom. The first-order chi connectivity index (χ1) is 14.3. The molecule has 0 bridgehead atoms. The van der Waals surface area contributed by atoms with E-state index in [4.69, 9.17) is 0 Å². The average molecular weight is 404 g/mol. The van der Waals surface area contributed by atoms with Crippen LogP contribution in [-0.2, 0) is 5.41 Å². The number of rotatable bonds is 4. The van der Waals surface area contributed by atoms with E-state index < -0.39 is 11.2 Å². The molecule has 1 atom stereocenters. The van der Waals surface area contributed by atoms with Crippen molar-refractivity contribution in [2.45, 2.75) is 26.2 Å². The Hall–Kier alpha value is -3.57. The number of aliphatic hydroxyl groups is 1. The lowest BCUT2D eigenvalue weighted by Gasteiger charge is -2.21. The van der Waals surface area contributed by atoms with Gasteiger partial charge in [0.1, 0.15) is 11.8 Å². The number of hydrogen-bond acceptors (Lipinski definition) is 7. The van der Waals surface area contributed by atoms with Crippen LogP contribution < -0.4 is 10.6 Å². The van der Waals surface area contributed by atoms with Crippen LogP contribution >= 0.6 is 0 Å². The van der Waals surface area contributed by atoms with E-state index in [1.165, 1.54) is 0 Å². The predicted molar refractivity (Wildman–Crippen MR) is 112 cm³/mol. The molecular weight excluding hydrogens is 383 g/mol. The molecule has 1 aliphatic heterocycles. The van der Waals surface area contributed by atoms with Crippen molar-refractivity contribution in [1.82, 2.24) is 15.0 Å². The molecule has 0 spiro atoms. The van der Waals surface area contributed by atoms with Gasteiger partial charge >= 0.3 is 0 Å². The summed E-state index contributed by atoms with van der Waals surface area (Å²) < 4.78 is 14.7. The number of nitriles is 1. The fraction of sp³-hybridized carbons (Fsp3) is 0.273. The summed E-state index contributed by atoms with van der Waals surface area (Å²) in [7, 11) is 0. The molecule has 0 radical (unpaired) electrons. The Morgan fingerprint density at radius 2 is 2.07 bits per heavy atom. The van der Waals surface area contributed by atoms with Crippen molar-refractivity contribution < 1.29 is 9.50 Å². The van der Waals surface area contributed by atoms with Crippen LogP contribution in [0.4, 0.5) is 21.7 Å². The molecule has 0 saturated heterocycles. The topological polar surface area (TPSA) is 107 Å². The standard InChI is InChI=1S/C22H21FN6O/c1-12-8-25-13(2)4-18(12)28-21-26-9-17(23)20(29-21)14-5-15(7-24)19-16(6-14)22(3,11-30)10-27-19/h4-6,8-9,27,30H,10-11H2,1-3H3,(H,25,26,28,29)/t22-/m1/s1. The van der Waals surface area contributed by atoms with E-state index in [-0.39, 0.29) is 18.2 Å². The number of benzene rings is 1. The van der Waals surface area contributed by atoms with Crippen molar-refractivity contribution >= 4 is 17.3 Å². The van der Waals surface area contributed by atoms with Gasteiger partial charge in [-0.15, -0.1) is 0 Å². The van der Waals surface area contributed by atoms with Gasteiger partial charge in [0.15, 0.2) is 5.82 Å². The van der Waals surface area contributed by atoms with Crippen molar-refractivity contribution in [3.8, 4) is 17.3 Å². The van der Waals surface area contributed by atoms with E-state index >= 15 is 0 Å². The van der Waals surface area contributed by atoms with Crippen molar-refractivity contribution in [2.24, 2.45) is 0 Å². The second-order valence-corrected chi connectivity index (χ2v) is 7.79. The molecule has 3 N–H and O–H groups in total. The zero-order valence-electron chi connectivity index (χ0n) is 16.9. The summed E-state index contributed by atoms with van der Waals surface area (Å²) in [6.45, 7) is 6.08. The fourth-order valence-electron chi connectivity index (χ4n) is 3.57. The summed E-state index contributed by atoms with van der Waals surface area (Å²) >= 11 is 0. The lowest BCUT2D eigenvalue weighted by molar-refractivity contribution is 0.219. The van der Waals surface area contributed by atoms with Gasteiger partial charge in [0, 0.05) is 35.1 Å². The van der Waals surface area contributed by atoms with Gasteiger partial charge in [-0.1, -0.05) is 6.92 Å². The number of halogens is 1. The molecule has 1 aliphatic rings. The van der Waals surface area contributed by atoms with E-state index in [0.717, 1.165) is 28.7 Å². The quantitative estimate of drug-likeness (QED) is 0.610. The zero-order valence-corrected chi connectivity index (χ0v) is 16.9. The van der Waals surface area contributed by atoms with Gasteiger partial charge in [0.2, 0.25) is 5.95 Å². The zero-order chi connectivity index (χ0) is 21.5. The van der Waals surface area contributed by atoms with Crippen molar-refractivity contribution in [3.63, 3.8) is 0 Å². The summed E-state index contributed by atoms with van der Waals surface area (Å²) in [6, 6.07) is 7.40. The molecule has 152 valence electrons. The highest BCUT2D eigenvalue weighted by Crippen LogP contribution is 2.41. The maximum absolute atomic E-state index is 14.7. The third kappa shape index (κ3) is 3.33. The number of aliphatic hydroxyl groups excluding tert-OH is 1. The summed E-state index contributed by atoms with van der Waals surface area (Å²) in [6.07, 6.45) is 2.85. The molecule has 0 unspecified atom stereocenters. The number of pyridine rings is 1. The minimum absolute atomic E-state index is 0.0856. The molecule has 30 heavy (non-hydrogen) atoms. The number of hydrogen-bond donors (Lipinski definition) is 3. The largest absolute Gasteiger partial charge is 0.395 e. The highest BCUT2D eigenvalue weighted by Gasteiger charge is 2.36. The maximum atomic E-state index is 14.7. The van der Waals surface area contributed by atoms with Crippen molar-refractivity contribution in [3.05, 3.63) is 58.8 Å². The van der Waals surface area contributed by atoms with E-state index in [1.54, 1.807) is 18.3 Å². The number of nitrogens with one attached hydrogen (secondary N) is 2. The van der Waals surface area contributed by atoms with Crippen LogP contribution in [0.1, 0.15) is 29.3 Å². The van der Waals surface area contributed by atoms with Crippen LogP contribution in [0.2, 0.25) is 0 Å². The van der Waals surface area contributed by atoms with Crippen molar-refractivity contribution in [1.29, 1.82) is 5.26 Å². The van der Waals surface area contributed by atoms with Gasteiger partial charge in [0.05, 0.1) is 24.1 Å². The fourth-order valence-corrected chi connectivity index (χ4v) is 3.57. The van der Waals surface area contributed by atoms with Crippen LogP contribution in [0.5, 0.6) is 0 Å². The predicted octanol–water partition coefficient (Wildman–Crippen LogP) is 3.59. The molecule has 0 fully saturated rings. The Kier molecular flexibility index (Phi) is 4.84. The lowest BCUT2D eigenvalue weighted by atomic mass is 9.83. The maximum Gasteiger partial charge on any atom is 0.227 e. The highest BCUT2D eigenvalue weighted by molar-refractivity contribution is 5.76. The second-order valence-electron chi connectivity index (χ2n) is 7.79. The first kappa shape index (κ1) is 19.7. The Balaban J connectivity index is 1.80. The molecule has 1 aromatic carbocycles. The van der Waals surface area contributed by atoms with Crippen LogP contribution in [0.3, 0.4) is 0 Å². The minimum atomic E-state index is -0.594. The van der Waals surface area contributed by atoms with Crippen LogP contribution in [0, 0.1) is 31.0 Å². The average Bonchev–Trinajstić information content (AvgIpc) is 3.09. The Morgan fingerprint density at radius 1 is 1.27 bits per heavy atom. The third-order valence-electron chi connectivity index (χ3n) is 5.42. The molecule has 0 saturated carbocycles. The molecular formula is C22H21FN6O. The Bertz CT molecular complexity index is 1190. The van der Waals surface area contributed by atoms with E-state index in [1.807, 2.05) is 26.8 Å². The number of fused-ring (bicyclic) bond motifs is 1. The van der Waals surface area contributed by atoms with Gasteiger partial charge in [-0.3, -0.25) is 4.98 Å². The van der Waals surface area contributed by atoms with Gasteiger partial charge in [-0.25, -0.2) is 14.4 Å². The lowest BCUT2D eigenvalue weighted by Crippen LogP contribution is -2.28. The van der Waals surface area contributed by atoms with Crippen LogP contribution in [0.25, 0.3) is 11.3 Å². The van der Waals surface area contributed by atoms with Crippen LogP contribution in [0.15, 0.2) is 30.6 Å². The van der Waals surface area contributed by atoms with E-state index in [9.17, 15) is 14.8 Å². The minimum Gasteiger partial charge on any atom is -0.395 e. The number of anilines is 3. The van der Waals surface area contributed by atoms with Crippen LogP contribution in [-0.4, -0.2) is 33.2 Å². The second kappa shape index (κ2) is 7.35. The van der Waals surface area contributed by atoms with E-state index in [2.05, 4.69) is 31.7 Å². The molecule has 2 aromatic heterocycles. The third-order valence-corrected chi connectivity index (χ3v) is 5.42. The van der Waals surface area contributed by atoms with Gasteiger partial charge in [-0.05, 0) is 43.2 Å². The summed E-state index contributed by atoms with van der Waals surface area (Å²) in [5, 5.41) is 25.8. The smallest absolute Gasteiger partial charge is 0.227 e. The molecule has 3 heterocycles. The monoisotopic (exact) mass is 404 g/mol.